The van der Waals surface area contributed by atoms with Gasteiger partial charge in [-0.2, -0.15) is 0 Å². The molecule has 0 N–H and O–H groups in total. The molecule has 0 aliphatic heterocycles. The minimum absolute atomic E-state index is 0.0331. The molecular formula is C60H68F2O. The fourth-order valence-electron chi connectivity index (χ4n) is 14.1. The van der Waals surface area contributed by atoms with Gasteiger partial charge in [0.2, 0.25) is 0 Å². The maximum absolute atomic E-state index is 16.7. The summed E-state index contributed by atoms with van der Waals surface area (Å²) in [5, 5.41) is 0. The van der Waals surface area contributed by atoms with Gasteiger partial charge in [-0.1, -0.05) is 135 Å². The maximum Gasteiger partial charge on any atom is 0.130 e. The number of hydrogen-bond acceptors (Lipinski definition) is 1. The Labute approximate surface area is 376 Å². The molecule has 0 amide bonds. The van der Waals surface area contributed by atoms with Crippen LogP contribution in [0.3, 0.4) is 0 Å². The second-order valence-electron chi connectivity index (χ2n) is 21.3. The number of fused-ring (bicyclic) bond motifs is 2. The highest BCUT2D eigenvalue weighted by Gasteiger charge is 2.42. The number of allylic oxidation sites excluding steroid dienone is 3. The highest BCUT2D eigenvalue weighted by Crippen LogP contribution is 2.56. The fraction of sp³-hybridized carbons (Fsp3) is 0.483. The van der Waals surface area contributed by atoms with Crippen LogP contribution in [0.1, 0.15) is 190 Å². The van der Waals surface area contributed by atoms with Crippen molar-refractivity contribution in [1.82, 2.24) is 0 Å². The molecular weight excluding hydrogens is 775 g/mol. The Balaban J connectivity index is 0.955. The quantitative estimate of drug-likeness (QED) is 0.130. The lowest BCUT2D eigenvalue weighted by atomic mass is 9.74. The Kier molecular flexibility index (Phi) is 12.1. The Morgan fingerprint density at radius 3 is 1.79 bits per heavy atom. The van der Waals surface area contributed by atoms with Crippen molar-refractivity contribution in [3.05, 3.63) is 164 Å². The summed E-state index contributed by atoms with van der Waals surface area (Å²) in [6.07, 6.45) is 21.9. The predicted molar refractivity (Wildman–Crippen MR) is 256 cm³/mol. The topological polar surface area (TPSA) is 17.1 Å². The van der Waals surface area contributed by atoms with E-state index in [1.807, 2.05) is 0 Å². The number of benzene rings is 4. The van der Waals surface area contributed by atoms with Crippen molar-refractivity contribution in [2.75, 3.05) is 0 Å². The predicted octanol–water partition coefficient (Wildman–Crippen LogP) is 16.1. The zero-order valence-electron chi connectivity index (χ0n) is 38.1. The number of rotatable bonds is 12. The minimum atomic E-state index is -0.354. The molecule has 0 heterocycles. The molecule has 4 aromatic carbocycles. The van der Waals surface area contributed by atoms with E-state index < -0.39 is 0 Å². The van der Waals surface area contributed by atoms with E-state index in [-0.39, 0.29) is 47.0 Å². The normalized spacial score (nSPS) is 27.4. The molecule has 0 aromatic heterocycles. The van der Waals surface area contributed by atoms with Crippen LogP contribution in [0.5, 0.6) is 0 Å². The molecule has 1 nitrogen and oxygen atoms in total. The van der Waals surface area contributed by atoms with Crippen molar-refractivity contribution < 1.29 is 13.6 Å². The first-order valence-electron chi connectivity index (χ1n) is 25.0. The third-order valence-corrected chi connectivity index (χ3v) is 17.4. The molecule has 4 fully saturated rings. The second-order valence-corrected chi connectivity index (χ2v) is 21.3. The molecule has 6 aliphatic carbocycles. The number of Topliss-reactive ketones (excluding diaryl/α,β-unsaturated/α-hetero) is 1. The van der Waals surface area contributed by atoms with E-state index in [9.17, 15) is 4.79 Å². The molecule has 4 saturated carbocycles. The Bertz CT molecular complexity index is 2400. The van der Waals surface area contributed by atoms with Gasteiger partial charge in [0.25, 0.3) is 0 Å². The van der Waals surface area contributed by atoms with Crippen molar-refractivity contribution in [3.8, 4) is 0 Å². The molecule has 0 spiro atoms. The summed E-state index contributed by atoms with van der Waals surface area (Å²) in [6, 6.07) is 28.4. The van der Waals surface area contributed by atoms with Gasteiger partial charge in [-0.05, 0) is 200 Å². The Morgan fingerprint density at radius 1 is 0.603 bits per heavy atom. The van der Waals surface area contributed by atoms with Gasteiger partial charge in [0.15, 0.2) is 0 Å². The third kappa shape index (κ3) is 8.41. The highest BCUT2D eigenvalue weighted by atomic mass is 19.1. The molecule has 6 atom stereocenters. The van der Waals surface area contributed by atoms with Crippen LogP contribution >= 0.6 is 0 Å². The van der Waals surface area contributed by atoms with Crippen LogP contribution < -0.4 is 0 Å². The van der Waals surface area contributed by atoms with E-state index in [2.05, 4.69) is 99.3 Å². The molecule has 0 saturated heterocycles. The van der Waals surface area contributed by atoms with Gasteiger partial charge in [-0.15, -0.1) is 0 Å². The number of hydrogen-bond donors (Lipinski definition) is 0. The van der Waals surface area contributed by atoms with Crippen molar-refractivity contribution in [3.63, 3.8) is 0 Å². The molecule has 4 aromatic rings. The monoisotopic (exact) mass is 843 g/mol. The number of ketones is 1. The molecule has 0 bridgehead atoms. The Hall–Kier alpha value is -4.37. The van der Waals surface area contributed by atoms with Gasteiger partial charge in [-0.25, -0.2) is 8.78 Å². The van der Waals surface area contributed by atoms with Gasteiger partial charge < -0.3 is 4.79 Å². The summed E-state index contributed by atoms with van der Waals surface area (Å²) >= 11 is 0. The lowest BCUT2D eigenvalue weighted by molar-refractivity contribution is -0.118. The van der Waals surface area contributed by atoms with Crippen LogP contribution in [0.15, 0.2) is 102 Å². The zero-order chi connectivity index (χ0) is 43.4. The van der Waals surface area contributed by atoms with Gasteiger partial charge in [0, 0.05) is 12.0 Å². The van der Waals surface area contributed by atoms with Crippen molar-refractivity contribution in [1.29, 1.82) is 0 Å². The van der Waals surface area contributed by atoms with Crippen LogP contribution in [0, 0.1) is 41.2 Å². The molecule has 10 rings (SSSR count). The molecule has 0 radical (unpaired) electrons. The van der Waals surface area contributed by atoms with Crippen LogP contribution in [0.4, 0.5) is 8.78 Å². The van der Waals surface area contributed by atoms with E-state index in [4.69, 9.17) is 0 Å². The SMILES string of the molecule is C=C(C1CCC[C@H]1C1=Cc2cc([C@H]3CC[C@H](c4ccc5c(c4)C=C(C4CCCC4)C5)C3c3cc(F)c(C4CCC(c5ccccc5)CC4)c(F)c3)ccc2C1)[C@@H](CC(C)=O)C(C)C. The summed E-state index contributed by atoms with van der Waals surface area (Å²) < 4.78 is 33.5. The van der Waals surface area contributed by atoms with E-state index >= 15 is 8.78 Å². The van der Waals surface area contributed by atoms with Crippen molar-refractivity contribution in [2.24, 2.45) is 29.6 Å². The van der Waals surface area contributed by atoms with Crippen LogP contribution in [-0.2, 0) is 17.6 Å². The fourth-order valence-corrected chi connectivity index (χ4v) is 14.1. The number of halogens is 2. The summed E-state index contributed by atoms with van der Waals surface area (Å²) in [5.41, 5.74) is 15.0. The number of carbonyl (C=O) groups excluding carboxylic acids is 1. The second kappa shape index (κ2) is 17.9. The van der Waals surface area contributed by atoms with E-state index in [1.165, 1.54) is 88.6 Å². The zero-order valence-corrected chi connectivity index (χ0v) is 38.1. The molecule has 6 aliphatic rings. The van der Waals surface area contributed by atoms with E-state index in [1.54, 1.807) is 24.6 Å². The minimum Gasteiger partial charge on any atom is -0.300 e. The summed E-state index contributed by atoms with van der Waals surface area (Å²) in [5.74, 6) is 2.42. The summed E-state index contributed by atoms with van der Waals surface area (Å²) in [7, 11) is 0. The highest BCUT2D eigenvalue weighted by molar-refractivity contribution is 5.76. The summed E-state index contributed by atoms with van der Waals surface area (Å²) in [6.45, 7) is 10.9. The summed E-state index contributed by atoms with van der Waals surface area (Å²) in [4.78, 5) is 12.3. The van der Waals surface area contributed by atoms with Gasteiger partial charge in [0.1, 0.15) is 17.4 Å². The van der Waals surface area contributed by atoms with Gasteiger partial charge in [0.05, 0.1) is 0 Å². The van der Waals surface area contributed by atoms with E-state index in [0.29, 0.717) is 35.7 Å². The number of carbonyl (C=O) groups is 1. The first-order valence-corrected chi connectivity index (χ1v) is 25.0. The molecule has 3 heteroatoms. The first kappa shape index (κ1) is 42.6. The van der Waals surface area contributed by atoms with Crippen LogP contribution in [-0.4, -0.2) is 5.78 Å². The smallest absolute Gasteiger partial charge is 0.130 e. The lowest BCUT2D eigenvalue weighted by Crippen LogP contribution is -2.23. The van der Waals surface area contributed by atoms with Crippen LogP contribution in [0.25, 0.3) is 12.2 Å². The van der Waals surface area contributed by atoms with Gasteiger partial charge >= 0.3 is 0 Å². The van der Waals surface area contributed by atoms with Crippen molar-refractivity contribution in [2.45, 2.75) is 153 Å². The maximum atomic E-state index is 16.7. The molecule has 63 heavy (non-hydrogen) atoms. The van der Waals surface area contributed by atoms with Crippen molar-refractivity contribution >= 4 is 17.9 Å². The molecule has 328 valence electrons. The largest absolute Gasteiger partial charge is 0.300 e. The average molecular weight is 843 g/mol. The average Bonchev–Trinajstić information content (AvgIpc) is 4.14. The van der Waals surface area contributed by atoms with Gasteiger partial charge in [-0.3, -0.25) is 0 Å². The lowest BCUT2D eigenvalue weighted by Gasteiger charge is -2.31. The van der Waals surface area contributed by atoms with E-state index in [0.717, 1.165) is 69.3 Å². The first-order chi connectivity index (χ1) is 30.6. The van der Waals surface area contributed by atoms with Crippen LogP contribution in [0.2, 0.25) is 0 Å². The molecule has 2 unspecified atom stereocenters. The Morgan fingerprint density at radius 2 is 1.19 bits per heavy atom. The third-order valence-electron chi connectivity index (χ3n) is 17.4. The standard InChI is InChI=1S/C60H68F2O/c1-36(2)56(27-37(3)63)38(4)52-15-10-16-53(52)50-29-44-22-24-46(31-49(44)33-50)55-26-25-54(45-23-21-43-28-47(32-48(43)30-45)40-13-8-9-14-40)59(55)51-34-57(61)60(58(62)35-51)42-19-17-41(18-20-42)39-11-6-5-7-12-39/h5-7,11-12,21-24,30-36,40-42,52-56,59H,4,8-10,13-20,25-29H2,1-3H3/t41?,42?,52?,53-,54+,55+,56-,59?/m0/s1.